The van der Waals surface area contributed by atoms with Gasteiger partial charge < -0.3 is 15.2 Å². The number of anilines is 1. The number of nitrogens with one attached hydrogen (secondary N) is 1. The number of carbonyl (C=O) groups is 1. The Labute approximate surface area is 132 Å². The van der Waals surface area contributed by atoms with Crippen LogP contribution >= 0.6 is 0 Å². The van der Waals surface area contributed by atoms with Gasteiger partial charge in [-0.15, -0.1) is 0 Å². The largest absolute Gasteiger partial charge is 0.481 e. The summed E-state index contributed by atoms with van der Waals surface area (Å²) in [5, 5.41) is 10.2. The van der Waals surface area contributed by atoms with Gasteiger partial charge in [0.05, 0.1) is 12.3 Å². The van der Waals surface area contributed by atoms with E-state index in [9.17, 15) is 13.2 Å². The molecule has 0 aromatic carbocycles. The van der Waals surface area contributed by atoms with Gasteiger partial charge in [0, 0.05) is 14.0 Å². The summed E-state index contributed by atoms with van der Waals surface area (Å²) in [6.07, 6.45) is 0.0469. The number of carboxylic acid groups (broad SMARTS) is 1. The molecule has 130 valence electrons. The van der Waals surface area contributed by atoms with Crippen LogP contribution in [-0.2, 0) is 11.0 Å². The van der Waals surface area contributed by atoms with Crippen LogP contribution in [-0.4, -0.2) is 29.7 Å². The molecular weight excluding hydrogens is 313 g/mol. The molecule has 2 rings (SSSR count). The third-order valence-electron chi connectivity index (χ3n) is 3.35. The molecule has 0 saturated heterocycles. The predicted molar refractivity (Wildman–Crippen MR) is 79.5 cm³/mol. The average Bonchev–Trinajstić information content (AvgIpc) is 2.96. The maximum Gasteiger partial charge on any atom is 0.433 e. The van der Waals surface area contributed by atoms with Crippen LogP contribution in [0.1, 0.15) is 38.3 Å². The number of carboxylic acids is 1. The summed E-state index contributed by atoms with van der Waals surface area (Å²) >= 11 is 0. The van der Waals surface area contributed by atoms with Gasteiger partial charge in [0.15, 0.2) is 0 Å². The average molecular weight is 334 g/mol. The third-order valence-corrected chi connectivity index (χ3v) is 3.35. The maximum absolute atomic E-state index is 12.6. The van der Waals surface area contributed by atoms with Gasteiger partial charge in [0.1, 0.15) is 5.69 Å². The van der Waals surface area contributed by atoms with Gasteiger partial charge in [-0.1, -0.05) is 12.8 Å². The van der Waals surface area contributed by atoms with Crippen molar-refractivity contribution in [3.8, 4) is 5.88 Å². The van der Waals surface area contributed by atoms with Gasteiger partial charge >= 0.3 is 6.18 Å². The van der Waals surface area contributed by atoms with Crippen LogP contribution < -0.4 is 10.1 Å². The van der Waals surface area contributed by atoms with Crippen molar-refractivity contribution in [2.24, 2.45) is 5.92 Å². The lowest BCUT2D eigenvalue weighted by molar-refractivity contribution is -0.141. The van der Waals surface area contributed by atoms with Gasteiger partial charge in [-0.2, -0.15) is 13.2 Å². The summed E-state index contributed by atoms with van der Waals surface area (Å²) in [4.78, 5) is 12.6. The smallest absolute Gasteiger partial charge is 0.433 e. The number of alkyl halides is 3. The van der Waals surface area contributed by atoms with Gasteiger partial charge in [0.25, 0.3) is 5.97 Å². The van der Waals surface area contributed by atoms with Crippen LogP contribution in [0.2, 0.25) is 0 Å². The minimum atomic E-state index is -4.45. The molecule has 8 heteroatoms. The minimum absolute atomic E-state index is 0.0317. The Kier molecular flexibility index (Phi) is 7.12. The van der Waals surface area contributed by atoms with Crippen molar-refractivity contribution in [3.05, 3.63) is 17.8 Å². The number of ether oxygens (including phenoxy) is 1. The Morgan fingerprint density at radius 2 is 1.96 bits per heavy atom. The van der Waals surface area contributed by atoms with Crippen LogP contribution in [0.15, 0.2) is 12.1 Å². The van der Waals surface area contributed by atoms with Crippen molar-refractivity contribution >= 4 is 11.7 Å². The summed E-state index contributed by atoms with van der Waals surface area (Å²) in [6, 6.07) is 2.30. The molecule has 0 amide bonds. The molecule has 1 aromatic heterocycles. The highest BCUT2D eigenvalue weighted by molar-refractivity contribution is 5.62. The van der Waals surface area contributed by atoms with Crippen molar-refractivity contribution in [2.45, 2.75) is 38.8 Å². The first-order chi connectivity index (χ1) is 10.7. The highest BCUT2D eigenvalue weighted by atomic mass is 19.4. The van der Waals surface area contributed by atoms with E-state index in [1.54, 1.807) is 7.05 Å². The number of halogens is 3. The summed E-state index contributed by atoms with van der Waals surface area (Å²) in [6.45, 7) is 1.52. The van der Waals surface area contributed by atoms with Gasteiger partial charge in [-0.25, -0.2) is 4.98 Å². The fourth-order valence-electron chi connectivity index (χ4n) is 2.27. The lowest BCUT2D eigenvalue weighted by Crippen LogP contribution is -2.13. The molecule has 23 heavy (non-hydrogen) atoms. The molecular formula is C15H21F3N2O3. The molecule has 1 heterocycles. The number of hydrogen-bond donors (Lipinski definition) is 2. The van der Waals surface area contributed by atoms with E-state index < -0.39 is 17.8 Å². The SMILES string of the molecule is CC(=O)O.CNc1ccc(C(F)(F)F)nc1OCC1CCCC1. The van der Waals surface area contributed by atoms with Crippen LogP contribution in [0.5, 0.6) is 5.88 Å². The molecule has 0 aliphatic heterocycles. The maximum atomic E-state index is 12.6. The van der Waals surface area contributed by atoms with Gasteiger partial charge in [0.2, 0.25) is 5.88 Å². The zero-order chi connectivity index (χ0) is 17.5. The lowest BCUT2D eigenvalue weighted by Gasteiger charge is -2.15. The Hall–Kier alpha value is -1.99. The third kappa shape index (κ3) is 6.75. The highest BCUT2D eigenvalue weighted by Gasteiger charge is 2.33. The number of hydrogen-bond acceptors (Lipinski definition) is 4. The van der Waals surface area contributed by atoms with E-state index in [4.69, 9.17) is 14.6 Å². The molecule has 0 radical (unpaired) electrons. The summed E-state index contributed by atoms with van der Waals surface area (Å²) in [7, 11) is 1.63. The Bertz CT molecular complexity index is 511. The fourth-order valence-corrected chi connectivity index (χ4v) is 2.27. The second-order valence-electron chi connectivity index (χ2n) is 5.28. The van der Waals surface area contributed by atoms with Crippen molar-refractivity contribution in [1.29, 1.82) is 0 Å². The quantitative estimate of drug-likeness (QED) is 0.876. The van der Waals surface area contributed by atoms with Crippen LogP contribution in [0.3, 0.4) is 0 Å². The van der Waals surface area contributed by atoms with Gasteiger partial charge in [-0.05, 0) is 30.9 Å². The van der Waals surface area contributed by atoms with E-state index in [0.29, 0.717) is 18.2 Å². The number of rotatable bonds is 4. The fraction of sp³-hybridized carbons (Fsp3) is 0.600. The first-order valence-corrected chi connectivity index (χ1v) is 7.32. The van der Waals surface area contributed by atoms with E-state index in [1.165, 1.54) is 18.9 Å². The number of nitrogens with zero attached hydrogens (tertiary/aromatic N) is 1. The molecule has 2 N–H and O–H groups in total. The normalized spacial score (nSPS) is 14.8. The van der Waals surface area contributed by atoms with Gasteiger partial charge in [-0.3, -0.25) is 4.79 Å². The van der Waals surface area contributed by atoms with E-state index in [0.717, 1.165) is 25.8 Å². The lowest BCUT2D eigenvalue weighted by atomic mass is 10.1. The minimum Gasteiger partial charge on any atom is -0.481 e. The molecule has 0 unspecified atom stereocenters. The van der Waals surface area contributed by atoms with Crippen molar-refractivity contribution in [2.75, 3.05) is 19.0 Å². The predicted octanol–water partition coefficient (Wildman–Crippen LogP) is 3.80. The molecule has 1 aliphatic rings. The standard InChI is InChI=1S/C13H17F3N2O.C2H4O2/c1-17-10-6-7-11(13(14,15)16)18-12(10)19-8-9-4-2-3-5-9;1-2(3)4/h6-7,9,17H,2-5,8H2,1H3;1H3,(H,3,4). The second kappa shape index (κ2) is 8.59. The van der Waals surface area contributed by atoms with E-state index >= 15 is 0 Å². The van der Waals surface area contributed by atoms with Crippen molar-refractivity contribution in [3.63, 3.8) is 0 Å². The summed E-state index contributed by atoms with van der Waals surface area (Å²) < 4.78 is 43.3. The first-order valence-electron chi connectivity index (χ1n) is 7.32. The Morgan fingerprint density at radius 1 is 1.39 bits per heavy atom. The second-order valence-corrected chi connectivity index (χ2v) is 5.28. The molecule has 1 fully saturated rings. The zero-order valence-electron chi connectivity index (χ0n) is 13.1. The Balaban J connectivity index is 0.000000593. The molecule has 1 aliphatic carbocycles. The van der Waals surface area contributed by atoms with Crippen molar-refractivity contribution < 1.29 is 27.8 Å². The Morgan fingerprint density at radius 3 is 2.43 bits per heavy atom. The first kappa shape index (κ1) is 19.1. The van der Waals surface area contributed by atoms with Crippen LogP contribution in [0.25, 0.3) is 0 Å². The number of pyridine rings is 1. The molecule has 1 aromatic rings. The van der Waals surface area contributed by atoms with Crippen LogP contribution in [0.4, 0.5) is 18.9 Å². The highest BCUT2D eigenvalue weighted by Crippen LogP contribution is 2.33. The topological polar surface area (TPSA) is 71.5 Å². The van der Waals surface area contributed by atoms with E-state index in [1.807, 2.05) is 0 Å². The van der Waals surface area contributed by atoms with E-state index in [2.05, 4.69) is 10.3 Å². The summed E-state index contributed by atoms with van der Waals surface area (Å²) in [5.41, 5.74) is -0.445. The molecule has 5 nitrogen and oxygen atoms in total. The zero-order valence-corrected chi connectivity index (χ0v) is 13.1. The molecule has 0 bridgehead atoms. The molecule has 0 spiro atoms. The molecule has 0 atom stereocenters. The number of aliphatic carboxylic acids is 1. The number of aromatic nitrogens is 1. The van der Waals surface area contributed by atoms with Crippen molar-refractivity contribution in [1.82, 2.24) is 4.98 Å². The molecule has 1 saturated carbocycles. The van der Waals surface area contributed by atoms with E-state index in [-0.39, 0.29) is 5.88 Å². The summed E-state index contributed by atoms with van der Waals surface area (Å²) in [5.74, 6) is -0.370. The van der Waals surface area contributed by atoms with Crippen LogP contribution in [0, 0.1) is 5.92 Å². The monoisotopic (exact) mass is 334 g/mol.